The van der Waals surface area contributed by atoms with Crippen molar-refractivity contribution in [2.45, 2.75) is 19.1 Å². The lowest BCUT2D eigenvalue weighted by Gasteiger charge is -2.29. The van der Waals surface area contributed by atoms with E-state index in [1.807, 2.05) is 47.4 Å². The molecule has 1 unspecified atom stereocenters. The number of hydrogen-bond donors (Lipinski definition) is 2. The maximum atomic E-state index is 14.4. The quantitative estimate of drug-likeness (QED) is 0.846. The molecule has 134 valence electrons. The molecule has 2 aromatic rings. The van der Waals surface area contributed by atoms with Gasteiger partial charge in [-0.2, -0.15) is 0 Å². The van der Waals surface area contributed by atoms with Crippen LogP contribution in [0, 0.1) is 5.82 Å². The number of nitrogens with zero attached hydrogens (tertiary/aromatic N) is 1. The van der Waals surface area contributed by atoms with Crippen molar-refractivity contribution in [3.05, 3.63) is 65.5 Å². The highest BCUT2D eigenvalue weighted by Crippen LogP contribution is 2.22. The second kappa shape index (κ2) is 7.95. The van der Waals surface area contributed by atoms with Crippen LogP contribution in [0.4, 0.5) is 10.1 Å². The number of halogens is 1. The highest BCUT2D eigenvalue weighted by Gasteiger charge is 2.22. The molecule has 1 atom stereocenters. The van der Waals surface area contributed by atoms with Crippen LogP contribution >= 0.6 is 0 Å². The van der Waals surface area contributed by atoms with E-state index >= 15 is 0 Å². The van der Waals surface area contributed by atoms with E-state index in [9.17, 15) is 9.50 Å². The molecular formula is C20H25FN2O2. The van der Waals surface area contributed by atoms with Crippen LogP contribution in [-0.4, -0.2) is 38.0 Å². The van der Waals surface area contributed by atoms with Crippen LogP contribution in [0.3, 0.4) is 0 Å². The molecule has 25 heavy (non-hydrogen) atoms. The van der Waals surface area contributed by atoms with E-state index in [-0.39, 0.29) is 5.82 Å². The summed E-state index contributed by atoms with van der Waals surface area (Å²) in [5.41, 5.74) is 1.38. The summed E-state index contributed by atoms with van der Waals surface area (Å²) in [6, 6.07) is 14.9. The zero-order chi connectivity index (χ0) is 17.7. The summed E-state index contributed by atoms with van der Waals surface area (Å²) in [6.45, 7) is 5.38. The van der Waals surface area contributed by atoms with Crippen molar-refractivity contribution in [3.63, 3.8) is 0 Å². The van der Waals surface area contributed by atoms with E-state index in [0.29, 0.717) is 45.1 Å². The summed E-state index contributed by atoms with van der Waals surface area (Å²) < 4.78 is 19.7. The fraction of sp³-hybridized carbons (Fsp3) is 0.400. The first kappa shape index (κ1) is 17.9. The summed E-state index contributed by atoms with van der Waals surface area (Å²) in [4.78, 5) is 2.01. The van der Waals surface area contributed by atoms with Gasteiger partial charge in [0.15, 0.2) is 0 Å². The number of nitrogens with one attached hydrogen (secondary N) is 1. The molecule has 1 aliphatic rings. The Morgan fingerprint density at radius 1 is 1.16 bits per heavy atom. The van der Waals surface area contributed by atoms with Gasteiger partial charge in [0.05, 0.1) is 24.5 Å². The van der Waals surface area contributed by atoms with Gasteiger partial charge in [-0.25, -0.2) is 4.39 Å². The number of ether oxygens (including phenoxy) is 1. The van der Waals surface area contributed by atoms with Crippen molar-refractivity contribution in [3.8, 4) is 0 Å². The third-order valence-corrected chi connectivity index (χ3v) is 4.56. The number of morpholine rings is 1. The Morgan fingerprint density at radius 3 is 2.56 bits per heavy atom. The molecule has 0 radical (unpaired) electrons. The standard InChI is InChI=1S/C20H25FN2O2/c1-20(24,17-5-3-2-4-6-17)15-22-14-16-7-8-19(18(21)13-16)23-9-11-25-12-10-23/h2-8,13,22,24H,9-12,14-15H2,1H3. The van der Waals surface area contributed by atoms with Crippen LogP contribution in [0.5, 0.6) is 0 Å². The van der Waals surface area contributed by atoms with Crippen LogP contribution in [0.2, 0.25) is 0 Å². The largest absolute Gasteiger partial charge is 0.384 e. The van der Waals surface area contributed by atoms with Gasteiger partial charge in [0.1, 0.15) is 5.82 Å². The van der Waals surface area contributed by atoms with Crippen LogP contribution in [0.15, 0.2) is 48.5 Å². The molecule has 1 aliphatic heterocycles. The third-order valence-electron chi connectivity index (χ3n) is 4.56. The lowest BCUT2D eigenvalue weighted by atomic mass is 9.96. The number of rotatable bonds is 6. The lowest BCUT2D eigenvalue weighted by Crippen LogP contribution is -2.37. The zero-order valence-electron chi connectivity index (χ0n) is 14.5. The highest BCUT2D eigenvalue weighted by atomic mass is 19.1. The minimum atomic E-state index is -0.965. The second-order valence-corrected chi connectivity index (χ2v) is 6.63. The average Bonchev–Trinajstić information content (AvgIpc) is 2.63. The summed E-state index contributed by atoms with van der Waals surface area (Å²) in [5, 5.41) is 13.8. The van der Waals surface area contributed by atoms with E-state index in [1.54, 1.807) is 13.0 Å². The SMILES string of the molecule is CC(O)(CNCc1ccc(N2CCOCC2)c(F)c1)c1ccccc1. The first-order valence-corrected chi connectivity index (χ1v) is 8.66. The molecule has 3 rings (SSSR count). The fourth-order valence-corrected chi connectivity index (χ4v) is 3.07. The van der Waals surface area contributed by atoms with Crippen molar-refractivity contribution in [2.75, 3.05) is 37.7 Å². The molecule has 1 saturated heterocycles. The summed E-state index contributed by atoms with van der Waals surface area (Å²) in [5.74, 6) is -0.212. The Labute approximate surface area is 148 Å². The van der Waals surface area contributed by atoms with E-state index in [0.717, 1.165) is 11.1 Å². The van der Waals surface area contributed by atoms with Crippen molar-refractivity contribution < 1.29 is 14.2 Å². The minimum absolute atomic E-state index is 0.212. The molecule has 0 spiro atoms. The minimum Gasteiger partial charge on any atom is -0.384 e. The van der Waals surface area contributed by atoms with E-state index < -0.39 is 5.60 Å². The predicted octanol–water partition coefficient (Wildman–Crippen LogP) is 2.66. The van der Waals surface area contributed by atoms with Crippen molar-refractivity contribution >= 4 is 5.69 Å². The first-order chi connectivity index (χ1) is 12.1. The lowest BCUT2D eigenvalue weighted by molar-refractivity contribution is 0.0567. The average molecular weight is 344 g/mol. The van der Waals surface area contributed by atoms with Gasteiger partial charge in [-0.1, -0.05) is 36.4 Å². The Hall–Kier alpha value is -1.95. The van der Waals surface area contributed by atoms with E-state index in [2.05, 4.69) is 5.32 Å². The van der Waals surface area contributed by atoms with Gasteiger partial charge in [-0.05, 0) is 30.2 Å². The van der Waals surface area contributed by atoms with Gasteiger partial charge >= 0.3 is 0 Å². The molecule has 0 aliphatic carbocycles. The molecule has 0 saturated carbocycles. The van der Waals surface area contributed by atoms with Gasteiger partial charge in [0.25, 0.3) is 0 Å². The maximum absolute atomic E-state index is 14.4. The molecular weight excluding hydrogens is 319 g/mol. The number of benzene rings is 2. The van der Waals surface area contributed by atoms with Crippen molar-refractivity contribution in [1.29, 1.82) is 0 Å². The molecule has 2 aromatic carbocycles. The Balaban J connectivity index is 1.57. The Morgan fingerprint density at radius 2 is 1.88 bits per heavy atom. The molecule has 1 heterocycles. The fourth-order valence-electron chi connectivity index (χ4n) is 3.07. The molecule has 4 nitrogen and oxygen atoms in total. The maximum Gasteiger partial charge on any atom is 0.146 e. The normalized spacial score (nSPS) is 17.3. The van der Waals surface area contributed by atoms with Gasteiger partial charge in [0, 0.05) is 26.2 Å². The van der Waals surface area contributed by atoms with Crippen LogP contribution in [-0.2, 0) is 16.9 Å². The highest BCUT2D eigenvalue weighted by molar-refractivity contribution is 5.49. The number of hydrogen-bond acceptors (Lipinski definition) is 4. The summed E-state index contributed by atoms with van der Waals surface area (Å²) in [6.07, 6.45) is 0. The zero-order valence-corrected chi connectivity index (χ0v) is 14.5. The smallest absolute Gasteiger partial charge is 0.146 e. The molecule has 2 N–H and O–H groups in total. The Kier molecular flexibility index (Phi) is 5.68. The predicted molar refractivity (Wildman–Crippen MR) is 97.2 cm³/mol. The van der Waals surface area contributed by atoms with Gasteiger partial charge in [-0.3, -0.25) is 0 Å². The Bertz CT molecular complexity index is 685. The monoisotopic (exact) mass is 344 g/mol. The van der Waals surface area contributed by atoms with Crippen LogP contribution < -0.4 is 10.2 Å². The molecule has 0 amide bonds. The van der Waals surface area contributed by atoms with Gasteiger partial charge < -0.3 is 20.1 Å². The molecule has 1 fully saturated rings. The number of anilines is 1. The van der Waals surface area contributed by atoms with E-state index in [1.165, 1.54) is 0 Å². The first-order valence-electron chi connectivity index (χ1n) is 8.66. The second-order valence-electron chi connectivity index (χ2n) is 6.63. The number of aliphatic hydroxyl groups is 1. The van der Waals surface area contributed by atoms with Gasteiger partial charge in [0.2, 0.25) is 0 Å². The summed E-state index contributed by atoms with van der Waals surface area (Å²) in [7, 11) is 0. The topological polar surface area (TPSA) is 44.7 Å². The van der Waals surface area contributed by atoms with Crippen LogP contribution in [0.25, 0.3) is 0 Å². The third kappa shape index (κ3) is 4.57. The molecule has 5 heteroatoms. The molecule has 0 aromatic heterocycles. The van der Waals surface area contributed by atoms with Crippen molar-refractivity contribution in [1.82, 2.24) is 5.32 Å². The van der Waals surface area contributed by atoms with Crippen LogP contribution in [0.1, 0.15) is 18.1 Å². The molecule has 0 bridgehead atoms. The van der Waals surface area contributed by atoms with Crippen molar-refractivity contribution in [2.24, 2.45) is 0 Å². The van der Waals surface area contributed by atoms with E-state index in [4.69, 9.17) is 4.74 Å². The summed E-state index contributed by atoms with van der Waals surface area (Å²) >= 11 is 0. The van der Waals surface area contributed by atoms with Gasteiger partial charge in [-0.15, -0.1) is 0 Å².